The van der Waals surface area contributed by atoms with Crippen molar-refractivity contribution in [3.8, 4) is 0 Å². The molecule has 138 valence electrons. The van der Waals surface area contributed by atoms with Crippen LogP contribution in [0, 0.1) is 6.92 Å². The lowest BCUT2D eigenvalue weighted by atomic mass is 10.00. The van der Waals surface area contributed by atoms with Gasteiger partial charge in [-0.05, 0) is 37.3 Å². The number of ether oxygens (including phenoxy) is 1. The van der Waals surface area contributed by atoms with Gasteiger partial charge < -0.3 is 10.1 Å². The van der Waals surface area contributed by atoms with Gasteiger partial charge in [-0.15, -0.1) is 16.4 Å². The number of aromatic nitrogens is 3. The number of nitrogens with one attached hydrogen (secondary N) is 1. The second kappa shape index (κ2) is 8.09. The van der Waals surface area contributed by atoms with Crippen LogP contribution in [0.5, 0.6) is 0 Å². The Kier molecular flexibility index (Phi) is 5.83. The van der Waals surface area contributed by atoms with Crippen LogP contribution in [0.3, 0.4) is 0 Å². The zero-order valence-corrected chi connectivity index (χ0v) is 16.7. The fourth-order valence-corrected chi connectivity index (χ4v) is 4.47. The van der Waals surface area contributed by atoms with Crippen LogP contribution in [-0.2, 0) is 9.53 Å². The fourth-order valence-electron chi connectivity index (χ4n) is 2.77. The third-order valence-corrected chi connectivity index (χ3v) is 6.09. The van der Waals surface area contributed by atoms with Crippen molar-refractivity contribution in [2.75, 3.05) is 17.7 Å². The molecule has 0 saturated carbocycles. The molecule has 0 spiro atoms. The highest BCUT2D eigenvalue weighted by Gasteiger charge is 2.36. The van der Waals surface area contributed by atoms with Crippen molar-refractivity contribution in [1.82, 2.24) is 14.8 Å². The number of carbonyl (C=O) groups excluding carboxylic acids is 1. The number of carbonyl (C=O) groups is 1. The Morgan fingerprint density at radius 1 is 1.54 bits per heavy atom. The first-order valence-corrected chi connectivity index (χ1v) is 10.3. The number of rotatable bonds is 7. The van der Waals surface area contributed by atoms with Crippen molar-refractivity contribution < 1.29 is 9.53 Å². The Bertz CT molecular complexity index is 853. The van der Waals surface area contributed by atoms with Gasteiger partial charge in [0.15, 0.2) is 0 Å². The molecule has 1 atom stereocenters. The summed E-state index contributed by atoms with van der Waals surface area (Å²) in [7, 11) is 0. The number of hydrogen-bond donors (Lipinski definition) is 1. The topological polar surface area (TPSA) is 69.0 Å². The zero-order chi connectivity index (χ0) is 18.7. The number of aryl methyl sites for hydroxylation is 1. The SMILES string of the molecule is C=CCOC(=O)C1=C(C)Nc2nc(SCCC)nn2C1c1sccc1C. The molecule has 1 aliphatic heterocycles. The van der Waals surface area contributed by atoms with E-state index in [0.29, 0.717) is 16.7 Å². The van der Waals surface area contributed by atoms with E-state index in [-0.39, 0.29) is 18.6 Å². The van der Waals surface area contributed by atoms with Gasteiger partial charge in [0.1, 0.15) is 12.6 Å². The molecule has 6 nitrogen and oxygen atoms in total. The summed E-state index contributed by atoms with van der Waals surface area (Å²) >= 11 is 3.22. The zero-order valence-electron chi connectivity index (χ0n) is 15.1. The number of fused-ring (bicyclic) bond motifs is 1. The monoisotopic (exact) mass is 390 g/mol. The van der Waals surface area contributed by atoms with Gasteiger partial charge in [0.05, 0.1) is 5.57 Å². The maximum absolute atomic E-state index is 12.7. The van der Waals surface area contributed by atoms with E-state index in [0.717, 1.165) is 28.3 Å². The minimum Gasteiger partial charge on any atom is -0.458 e. The van der Waals surface area contributed by atoms with Crippen molar-refractivity contribution >= 4 is 35.0 Å². The second-order valence-corrected chi connectivity index (χ2v) is 7.94. The van der Waals surface area contributed by atoms with E-state index < -0.39 is 0 Å². The Morgan fingerprint density at radius 3 is 3.00 bits per heavy atom. The largest absolute Gasteiger partial charge is 0.458 e. The molecule has 0 aromatic carbocycles. The molecule has 1 aliphatic rings. The highest BCUT2D eigenvalue weighted by molar-refractivity contribution is 7.99. The highest BCUT2D eigenvalue weighted by Crippen LogP contribution is 2.39. The first-order valence-electron chi connectivity index (χ1n) is 8.46. The van der Waals surface area contributed by atoms with Crippen LogP contribution in [0.15, 0.2) is 40.5 Å². The summed E-state index contributed by atoms with van der Waals surface area (Å²) in [5, 5.41) is 10.6. The van der Waals surface area contributed by atoms with Gasteiger partial charge in [0.25, 0.3) is 0 Å². The molecular formula is C18H22N4O2S2. The van der Waals surface area contributed by atoms with Crippen molar-refractivity contribution in [3.63, 3.8) is 0 Å². The first kappa shape index (κ1) is 18.7. The van der Waals surface area contributed by atoms with Crippen LogP contribution in [-0.4, -0.2) is 33.1 Å². The summed E-state index contributed by atoms with van der Waals surface area (Å²) in [6.45, 7) is 9.82. The quantitative estimate of drug-likeness (QED) is 0.435. The molecule has 8 heteroatoms. The molecule has 0 fully saturated rings. The van der Waals surface area contributed by atoms with Crippen LogP contribution in [0.2, 0.25) is 0 Å². The Hall–Kier alpha value is -2.06. The summed E-state index contributed by atoms with van der Waals surface area (Å²) in [5.74, 6) is 1.24. The molecule has 0 saturated heterocycles. The van der Waals surface area contributed by atoms with Crippen LogP contribution in [0.1, 0.15) is 36.8 Å². The van der Waals surface area contributed by atoms with Gasteiger partial charge in [-0.2, -0.15) is 4.98 Å². The molecule has 0 aliphatic carbocycles. The van der Waals surface area contributed by atoms with Gasteiger partial charge in [-0.3, -0.25) is 0 Å². The Morgan fingerprint density at radius 2 is 2.35 bits per heavy atom. The van der Waals surface area contributed by atoms with E-state index in [2.05, 4.69) is 28.9 Å². The third kappa shape index (κ3) is 3.57. The molecule has 1 N–H and O–H groups in total. The average Bonchev–Trinajstić information content (AvgIpc) is 3.22. The molecule has 2 aromatic rings. The smallest absolute Gasteiger partial charge is 0.338 e. The van der Waals surface area contributed by atoms with E-state index in [4.69, 9.17) is 4.74 Å². The molecule has 0 radical (unpaired) electrons. The number of anilines is 1. The van der Waals surface area contributed by atoms with E-state index in [9.17, 15) is 4.79 Å². The number of thioether (sulfide) groups is 1. The molecule has 3 heterocycles. The van der Waals surface area contributed by atoms with Gasteiger partial charge in [-0.25, -0.2) is 9.48 Å². The lowest BCUT2D eigenvalue weighted by molar-refractivity contribution is -0.138. The second-order valence-electron chi connectivity index (χ2n) is 5.93. The van der Waals surface area contributed by atoms with E-state index in [1.165, 1.54) is 0 Å². The van der Waals surface area contributed by atoms with Crippen LogP contribution >= 0.6 is 23.1 Å². The van der Waals surface area contributed by atoms with Crippen molar-refractivity contribution in [3.05, 3.63) is 45.8 Å². The van der Waals surface area contributed by atoms with E-state index >= 15 is 0 Å². The third-order valence-electron chi connectivity index (χ3n) is 3.97. The number of thiophene rings is 1. The van der Waals surface area contributed by atoms with Crippen molar-refractivity contribution in [2.24, 2.45) is 0 Å². The summed E-state index contributed by atoms with van der Waals surface area (Å²) in [4.78, 5) is 18.4. The van der Waals surface area contributed by atoms with Gasteiger partial charge >= 0.3 is 5.97 Å². The van der Waals surface area contributed by atoms with Crippen molar-refractivity contribution in [2.45, 2.75) is 38.4 Å². The number of nitrogens with zero attached hydrogens (tertiary/aromatic N) is 3. The maximum Gasteiger partial charge on any atom is 0.338 e. The summed E-state index contributed by atoms with van der Waals surface area (Å²) in [6, 6.07) is 1.71. The number of allylic oxidation sites excluding steroid dienone is 1. The predicted molar refractivity (Wildman–Crippen MR) is 106 cm³/mol. The van der Waals surface area contributed by atoms with Gasteiger partial charge in [0, 0.05) is 16.3 Å². The molecular weight excluding hydrogens is 368 g/mol. The average molecular weight is 391 g/mol. The van der Waals surface area contributed by atoms with Gasteiger partial charge in [-0.1, -0.05) is 31.3 Å². The first-order chi connectivity index (χ1) is 12.6. The Balaban J connectivity index is 2.06. The molecule has 1 unspecified atom stereocenters. The van der Waals surface area contributed by atoms with Crippen LogP contribution < -0.4 is 5.32 Å². The Labute approximate surface area is 161 Å². The standard InChI is InChI=1S/C18H22N4O2S2/c1-5-8-24-16(23)13-12(4)19-17-20-18(26-9-6-2)21-22(17)14(13)15-11(3)7-10-25-15/h5,7,10,14H,1,6,8-9H2,2-4H3,(H,19,20,21). The number of hydrogen-bond acceptors (Lipinski definition) is 7. The predicted octanol–water partition coefficient (Wildman–Crippen LogP) is 4.17. The molecule has 0 bridgehead atoms. The van der Waals surface area contributed by atoms with Crippen LogP contribution in [0.25, 0.3) is 0 Å². The minimum absolute atomic E-state index is 0.174. The summed E-state index contributed by atoms with van der Waals surface area (Å²) in [5.41, 5.74) is 2.42. The highest BCUT2D eigenvalue weighted by atomic mass is 32.2. The maximum atomic E-state index is 12.7. The number of esters is 1. The molecule has 26 heavy (non-hydrogen) atoms. The fraction of sp³-hybridized carbons (Fsp3) is 0.389. The summed E-state index contributed by atoms with van der Waals surface area (Å²) in [6.07, 6.45) is 2.61. The lowest BCUT2D eigenvalue weighted by Crippen LogP contribution is -2.29. The molecule has 3 rings (SSSR count). The molecule has 0 amide bonds. The minimum atomic E-state index is -0.364. The lowest BCUT2D eigenvalue weighted by Gasteiger charge is -2.27. The van der Waals surface area contributed by atoms with Crippen molar-refractivity contribution in [1.29, 1.82) is 0 Å². The van der Waals surface area contributed by atoms with E-state index in [1.54, 1.807) is 33.9 Å². The molecule has 2 aromatic heterocycles. The normalized spacial score (nSPS) is 16.2. The summed E-state index contributed by atoms with van der Waals surface area (Å²) < 4.78 is 7.14. The van der Waals surface area contributed by atoms with Crippen LogP contribution in [0.4, 0.5) is 5.95 Å². The van der Waals surface area contributed by atoms with Gasteiger partial charge in [0.2, 0.25) is 11.1 Å². The van der Waals surface area contributed by atoms with E-state index in [1.807, 2.05) is 25.3 Å².